The van der Waals surface area contributed by atoms with Gasteiger partial charge in [-0.15, -0.1) is 0 Å². The van der Waals surface area contributed by atoms with Crippen LogP contribution in [0.5, 0.6) is 0 Å². The van der Waals surface area contributed by atoms with Crippen LogP contribution in [0.4, 0.5) is 4.39 Å². The van der Waals surface area contributed by atoms with E-state index < -0.39 is 0 Å². The van der Waals surface area contributed by atoms with Crippen LogP contribution in [0.15, 0.2) is 18.2 Å². The zero-order valence-electron chi connectivity index (χ0n) is 8.30. The summed E-state index contributed by atoms with van der Waals surface area (Å²) < 4.78 is 13.1. The van der Waals surface area contributed by atoms with Gasteiger partial charge in [-0.2, -0.15) is 0 Å². The fourth-order valence-corrected chi connectivity index (χ4v) is 2.37. The predicted molar refractivity (Wildman–Crippen MR) is 55.8 cm³/mol. The van der Waals surface area contributed by atoms with Crippen LogP contribution in [0, 0.1) is 5.82 Å². The Morgan fingerprint density at radius 1 is 1.43 bits per heavy atom. The van der Waals surface area contributed by atoms with Gasteiger partial charge in [0, 0.05) is 0 Å². The second-order valence-electron chi connectivity index (χ2n) is 4.01. The second-order valence-corrected chi connectivity index (χ2v) is 4.01. The number of rotatable bonds is 2. The average Bonchev–Trinajstić information content (AvgIpc) is 2.19. The van der Waals surface area contributed by atoms with Crippen molar-refractivity contribution in [3.05, 3.63) is 35.1 Å². The van der Waals surface area contributed by atoms with Gasteiger partial charge in [0.25, 0.3) is 0 Å². The highest BCUT2D eigenvalue weighted by Gasteiger charge is 2.19. The van der Waals surface area contributed by atoms with E-state index in [0.29, 0.717) is 12.5 Å². The highest BCUT2D eigenvalue weighted by atomic mass is 19.1. The highest BCUT2D eigenvalue weighted by Crippen LogP contribution is 2.33. The molecule has 1 aromatic carbocycles. The SMILES string of the molecule is NCCC1CCCc2ccc(F)cc21. The van der Waals surface area contributed by atoms with E-state index in [1.54, 1.807) is 12.1 Å². The zero-order valence-corrected chi connectivity index (χ0v) is 8.30. The van der Waals surface area contributed by atoms with Crippen LogP contribution in [0.25, 0.3) is 0 Å². The molecular formula is C12H16FN. The number of halogens is 1. The Labute approximate surface area is 84.1 Å². The number of hydrogen-bond donors (Lipinski definition) is 1. The van der Waals surface area contributed by atoms with Gasteiger partial charge < -0.3 is 5.73 Å². The predicted octanol–water partition coefficient (Wildman–Crippen LogP) is 2.59. The van der Waals surface area contributed by atoms with Gasteiger partial charge in [0.05, 0.1) is 0 Å². The van der Waals surface area contributed by atoms with Crippen LogP contribution < -0.4 is 5.73 Å². The van der Waals surface area contributed by atoms with E-state index >= 15 is 0 Å². The van der Waals surface area contributed by atoms with Gasteiger partial charge >= 0.3 is 0 Å². The third kappa shape index (κ3) is 1.80. The molecule has 1 aliphatic carbocycles. The van der Waals surface area contributed by atoms with Crippen molar-refractivity contribution < 1.29 is 4.39 Å². The van der Waals surface area contributed by atoms with Crippen molar-refractivity contribution in [1.29, 1.82) is 0 Å². The minimum absolute atomic E-state index is 0.118. The average molecular weight is 193 g/mol. The third-order valence-corrected chi connectivity index (χ3v) is 3.06. The summed E-state index contributed by atoms with van der Waals surface area (Å²) in [5.41, 5.74) is 8.07. The molecule has 2 N–H and O–H groups in total. The molecular weight excluding hydrogens is 177 g/mol. The molecule has 1 unspecified atom stereocenters. The maximum atomic E-state index is 13.1. The molecule has 0 aliphatic heterocycles. The Bertz CT molecular complexity index is 322. The topological polar surface area (TPSA) is 26.0 Å². The summed E-state index contributed by atoms with van der Waals surface area (Å²) in [6, 6.07) is 5.17. The van der Waals surface area contributed by atoms with Gasteiger partial charge in [0.2, 0.25) is 0 Å². The molecule has 0 amide bonds. The van der Waals surface area contributed by atoms with Gasteiger partial charge in [-0.1, -0.05) is 6.07 Å². The molecule has 76 valence electrons. The normalized spacial score (nSPS) is 20.6. The van der Waals surface area contributed by atoms with E-state index in [-0.39, 0.29) is 5.82 Å². The van der Waals surface area contributed by atoms with Gasteiger partial charge in [-0.25, -0.2) is 4.39 Å². The standard InChI is InChI=1S/C12H16FN/c13-11-5-4-9-2-1-3-10(6-7-14)12(9)8-11/h4-5,8,10H,1-3,6-7,14H2. The maximum Gasteiger partial charge on any atom is 0.123 e. The first-order chi connectivity index (χ1) is 6.81. The van der Waals surface area contributed by atoms with E-state index in [0.717, 1.165) is 19.3 Å². The number of aryl methyl sites for hydroxylation is 1. The van der Waals surface area contributed by atoms with Crippen molar-refractivity contribution in [3.63, 3.8) is 0 Å². The maximum absolute atomic E-state index is 13.1. The monoisotopic (exact) mass is 193 g/mol. The summed E-state index contributed by atoms with van der Waals surface area (Å²) in [7, 11) is 0. The molecule has 0 heterocycles. The third-order valence-electron chi connectivity index (χ3n) is 3.06. The van der Waals surface area contributed by atoms with Crippen molar-refractivity contribution in [2.24, 2.45) is 5.73 Å². The second kappa shape index (κ2) is 4.09. The quantitative estimate of drug-likeness (QED) is 0.767. The lowest BCUT2D eigenvalue weighted by Crippen LogP contribution is -2.14. The molecule has 0 saturated carbocycles. The number of nitrogens with two attached hydrogens (primary N) is 1. The molecule has 2 heteroatoms. The molecule has 0 saturated heterocycles. The first-order valence-corrected chi connectivity index (χ1v) is 5.29. The lowest BCUT2D eigenvalue weighted by Gasteiger charge is -2.25. The van der Waals surface area contributed by atoms with Crippen LogP contribution in [-0.4, -0.2) is 6.54 Å². The van der Waals surface area contributed by atoms with Gasteiger partial charge in [-0.05, 0) is 61.4 Å². The molecule has 0 bridgehead atoms. The van der Waals surface area contributed by atoms with Crippen LogP contribution >= 0.6 is 0 Å². The lowest BCUT2D eigenvalue weighted by atomic mass is 9.81. The molecule has 0 aromatic heterocycles. The molecule has 1 aromatic rings. The molecule has 1 nitrogen and oxygen atoms in total. The van der Waals surface area contributed by atoms with Crippen molar-refractivity contribution in [3.8, 4) is 0 Å². The number of fused-ring (bicyclic) bond motifs is 1. The van der Waals surface area contributed by atoms with Crippen molar-refractivity contribution in [2.45, 2.75) is 31.6 Å². The fourth-order valence-electron chi connectivity index (χ4n) is 2.37. The van der Waals surface area contributed by atoms with E-state index in [2.05, 4.69) is 0 Å². The van der Waals surface area contributed by atoms with Crippen molar-refractivity contribution >= 4 is 0 Å². The van der Waals surface area contributed by atoms with Crippen LogP contribution in [0.1, 0.15) is 36.3 Å². The van der Waals surface area contributed by atoms with E-state index in [1.807, 2.05) is 6.07 Å². The molecule has 0 spiro atoms. The first-order valence-electron chi connectivity index (χ1n) is 5.29. The molecule has 14 heavy (non-hydrogen) atoms. The number of hydrogen-bond acceptors (Lipinski definition) is 1. The summed E-state index contributed by atoms with van der Waals surface area (Å²) in [5, 5.41) is 0. The van der Waals surface area contributed by atoms with E-state index in [4.69, 9.17) is 5.73 Å². The molecule has 2 rings (SSSR count). The fraction of sp³-hybridized carbons (Fsp3) is 0.500. The smallest absolute Gasteiger partial charge is 0.123 e. The van der Waals surface area contributed by atoms with Gasteiger partial charge in [0.1, 0.15) is 5.82 Å². The number of benzene rings is 1. The minimum atomic E-state index is -0.118. The summed E-state index contributed by atoms with van der Waals surface area (Å²) in [4.78, 5) is 0. The lowest BCUT2D eigenvalue weighted by molar-refractivity contribution is 0.519. The van der Waals surface area contributed by atoms with Gasteiger partial charge in [-0.3, -0.25) is 0 Å². The molecule has 1 aliphatic rings. The van der Waals surface area contributed by atoms with Crippen LogP contribution in [-0.2, 0) is 6.42 Å². The Hall–Kier alpha value is -0.890. The summed E-state index contributed by atoms with van der Waals surface area (Å²) >= 11 is 0. The van der Waals surface area contributed by atoms with E-state index in [1.165, 1.54) is 17.5 Å². The van der Waals surface area contributed by atoms with Gasteiger partial charge in [0.15, 0.2) is 0 Å². The minimum Gasteiger partial charge on any atom is -0.330 e. The molecule has 0 fully saturated rings. The summed E-state index contributed by atoms with van der Waals surface area (Å²) in [5.74, 6) is 0.368. The van der Waals surface area contributed by atoms with Crippen LogP contribution in [0.3, 0.4) is 0 Å². The van der Waals surface area contributed by atoms with Crippen molar-refractivity contribution in [2.75, 3.05) is 6.54 Å². The van der Waals surface area contributed by atoms with E-state index in [9.17, 15) is 4.39 Å². The highest BCUT2D eigenvalue weighted by molar-refractivity contribution is 5.33. The molecule has 1 atom stereocenters. The Balaban J connectivity index is 2.32. The summed E-state index contributed by atoms with van der Waals surface area (Å²) in [6.07, 6.45) is 4.45. The van der Waals surface area contributed by atoms with Crippen LogP contribution in [0.2, 0.25) is 0 Å². The Kier molecular flexibility index (Phi) is 2.82. The Morgan fingerprint density at radius 2 is 2.29 bits per heavy atom. The van der Waals surface area contributed by atoms with Crippen molar-refractivity contribution in [1.82, 2.24) is 0 Å². The largest absolute Gasteiger partial charge is 0.330 e. The molecule has 0 radical (unpaired) electrons. The first kappa shape index (κ1) is 9.66. The Morgan fingerprint density at radius 3 is 3.07 bits per heavy atom. The zero-order chi connectivity index (χ0) is 9.97. The summed E-state index contributed by atoms with van der Waals surface area (Å²) in [6.45, 7) is 0.695.